The summed E-state index contributed by atoms with van der Waals surface area (Å²) in [6.45, 7) is 4.30. The Morgan fingerprint density at radius 1 is 1.50 bits per heavy atom. The van der Waals surface area contributed by atoms with Crippen molar-refractivity contribution in [3.8, 4) is 0 Å². The molecule has 1 aromatic heterocycles. The molecule has 0 aromatic carbocycles. The van der Waals surface area contributed by atoms with Gasteiger partial charge in [-0.3, -0.25) is 14.6 Å². The van der Waals surface area contributed by atoms with Crippen LogP contribution >= 0.6 is 11.3 Å². The van der Waals surface area contributed by atoms with Crippen LogP contribution in [0.2, 0.25) is 0 Å². The second kappa shape index (κ2) is 4.84. The monoisotopic (exact) mass is 293 g/mol. The molecule has 2 fully saturated rings. The van der Waals surface area contributed by atoms with Gasteiger partial charge in [0.1, 0.15) is 11.6 Å². The Labute approximate surface area is 122 Å². The number of hydrogen-bond donors (Lipinski definition) is 1. The molecule has 3 rings (SSSR count). The van der Waals surface area contributed by atoms with E-state index in [4.69, 9.17) is 0 Å². The van der Waals surface area contributed by atoms with Gasteiger partial charge in [-0.15, -0.1) is 11.3 Å². The molecule has 5 nitrogen and oxygen atoms in total. The molecule has 1 saturated heterocycles. The van der Waals surface area contributed by atoms with Crippen molar-refractivity contribution in [3.63, 3.8) is 0 Å². The Balaban J connectivity index is 1.89. The van der Waals surface area contributed by atoms with Crippen LogP contribution in [0.1, 0.15) is 38.0 Å². The summed E-state index contributed by atoms with van der Waals surface area (Å²) in [5, 5.41) is 2.97. The van der Waals surface area contributed by atoms with Crippen LogP contribution in [-0.4, -0.2) is 33.3 Å². The molecule has 2 amide bonds. The molecule has 1 aliphatic heterocycles. The summed E-state index contributed by atoms with van der Waals surface area (Å²) >= 11 is 1.52. The highest BCUT2D eigenvalue weighted by molar-refractivity contribution is 7.09. The van der Waals surface area contributed by atoms with Crippen LogP contribution < -0.4 is 5.32 Å². The number of rotatable bonds is 4. The summed E-state index contributed by atoms with van der Waals surface area (Å²) in [5.74, 6) is 0.326. The van der Waals surface area contributed by atoms with E-state index in [2.05, 4.69) is 10.3 Å². The lowest BCUT2D eigenvalue weighted by Crippen LogP contribution is -2.69. The maximum absolute atomic E-state index is 12.9. The van der Waals surface area contributed by atoms with Gasteiger partial charge in [0, 0.05) is 11.1 Å². The summed E-state index contributed by atoms with van der Waals surface area (Å²) in [6.07, 6.45) is 4.45. The maximum Gasteiger partial charge on any atom is 0.249 e. The van der Waals surface area contributed by atoms with Gasteiger partial charge in [-0.25, -0.2) is 0 Å². The van der Waals surface area contributed by atoms with Gasteiger partial charge < -0.3 is 10.2 Å². The smallest absolute Gasteiger partial charge is 0.249 e. The highest BCUT2D eigenvalue weighted by atomic mass is 32.1. The SMILES string of the molecule is CCC1C(=O)NC(C)(C2CC2)C(=O)N1Cc1cncs1. The predicted molar refractivity (Wildman–Crippen MR) is 76.0 cm³/mol. The van der Waals surface area contributed by atoms with E-state index in [-0.39, 0.29) is 17.9 Å². The number of carbonyl (C=O) groups excluding carboxylic acids is 2. The molecule has 2 unspecified atom stereocenters. The van der Waals surface area contributed by atoms with Crippen molar-refractivity contribution in [1.29, 1.82) is 0 Å². The van der Waals surface area contributed by atoms with Crippen LogP contribution in [0, 0.1) is 5.92 Å². The quantitative estimate of drug-likeness (QED) is 0.916. The van der Waals surface area contributed by atoms with Crippen LogP contribution in [0.15, 0.2) is 11.7 Å². The molecule has 108 valence electrons. The van der Waals surface area contributed by atoms with Crippen LogP contribution in [0.25, 0.3) is 0 Å². The summed E-state index contributed by atoms with van der Waals surface area (Å²) in [7, 11) is 0. The van der Waals surface area contributed by atoms with E-state index >= 15 is 0 Å². The van der Waals surface area contributed by atoms with Crippen molar-refractivity contribution in [2.24, 2.45) is 5.92 Å². The van der Waals surface area contributed by atoms with Crippen molar-refractivity contribution in [3.05, 3.63) is 16.6 Å². The number of aromatic nitrogens is 1. The van der Waals surface area contributed by atoms with E-state index in [0.717, 1.165) is 17.7 Å². The second-order valence-corrected chi connectivity index (χ2v) is 6.76. The van der Waals surface area contributed by atoms with Crippen molar-refractivity contribution in [1.82, 2.24) is 15.2 Å². The van der Waals surface area contributed by atoms with Gasteiger partial charge in [0.2, 0.25) is 11.8 Å². The minimum Gasteiger partial charge on any atom is -0.340 e. The zero-order valence-corrected chi connectivity index (χ0v) is 12.6. The molecule has 20 heavy (non-hydrogen) atoms. The first-order valence-corrected chi connectivity index (χ1v) is 7.94. The molecule has 0 spiro atoms. The maximum atomic E-state index is 12.9. The van der Waals surface area contributed by atoms with Crippen molar-refractivity contribution >= 4 is 23.2 Å². The number of thiazole rings is 1. The average Bonchev–Trinajstić information content (AvgIpc) is 3.16. The lowest BCUT2D eigenvalue weighted by Gasteiger charge is -2.44. The summed E-state index contributed by atoms with van der Waals surface area (Å²) < 4.78 is 0. The van der Waals surface area contributed by atoms with E-state index in [9.17, 15) is 9.59 Å². The van der Waals surface area contributed by atoms with Crippen molar-refractivity contribution in [2.45, 2.75) is 51.2 Å². The van der Waals surface area contributed by atoms with Gasteiger partial charge in [-0.05, 0) is 32.1 Å². The van der Waals surface area contributed by atoms with Crippen molar-refractivity contribution < 1.29 is 9.59 Å². The fourth-order valence-corrected chi connectivity index (χ4v) is 3.58. The third-order valence-corrected chi connectivity index (χ3v) is 5.12. The lowest BCUT2D eigenvalue weighted by atomic mass is 9.89. The Kier molecular flexibility index (Phi) is 3.28. The zero-order chi connectivity index (χ0) is 14.3. The van der Waals surface area contributed by atoms with Crippen LogP contribution in [0.4, 0.5) is 0 Å². The van der Waals surface area contributed by atoms with Crippen LogP contribution in [0.5, 0.6) is 0 Å². The molecule has 2 aliphatic rings. The normalized spacial score (nSPS) is 30.5. The fraction of sp³-hybridized carbons (Fsp3) is 0.643. The van der Waals surface area contributed by atoms with Gasteiger partial charge in [-0.2, -0.15) is 0 Å². The van der Waals surface area contributed by atoms with Crippen LogP contribution in [-0.2, 0) is 16.1 Å². The molecular formula is C14H19N3O2S. The number of amides is 2. The number of hydrogen-bond acceptors (Lipinski definition) is 4. The third-order valence-electron chi connectivity index (χ3n) is 4.36. The molecule has 1 N–H and O–H groups in total. The highest BCUT2D eigenvalue weighted by Gasteiger charge is 2.54. The third kappa shape index (κ3) is 2.12. The summed E-state index contributed by atoms with van der Waals surface area (Å²) in [4.78, 5) is 32.0. The Hall–Kier alpha value is -1.43. The van der Waals surface area contributed by atoms with E-state index in [1.807, 2.05) is 13.8 Å². The Bertz CT molecular complexity index is 527. The van der Waals surface area contributed by atoms with Gasteiger partial charge in [0.15, 0.2) is 0 Å². The van der Waals surface area contributed by atoms with Crippen molar-refractivity contribution in [2.75, 3.05) is 0 Å². The predicted octanol–water partition coefficient (Wildman–Crippen LogP) is 1.55. The molecule has 2 heterocycles. The molecule has 1 aromatic rings. The zero-order valence-electron chi connectivity index (χ0n) is 11.8. The standard InChI is InChI=1S/C14H19N3O2S/c1-3-11-12(18)16-14(2,9-4-5-9)13(19)17(11)7-10-6-15-8-20-10/h6,8-9,11H,3-5,7H2,1-2H3,(H,16,18). The molecule has 2 atom stereocenters. The van der Waals surface area contributed by atoms with Gasteiger partial charge in [0.25, 0.3) is 0 Å². The van der Waals surface area contributed by atoms with E-state index in [1.54, 1.807) is 16.6 Å². The molecular weight excluding hydrogens is 274 g/mol. The molecule has 1 aliphatic carbocycles. The molecule has 0 radical (unpaired) electrons. The first kappa shape index (κ1) is 13.5. The Morgan fingerprint density at radius 2 is 2.25 bits per heavy atom. The summed E-state index contributed by atoms with van der Waals surface area (Å²) in [5.41, 5.74) is 1.04. The first-order chi connectivity index (χ1) is 9.56. The number of nitrogens with zero attached hydrogens (tertiary/aromatic N) is 2. The number of nitrogens with one attached hydrogen (secondary N) is 1. The average molecular weight is 293 g/mol. The summed E-state index contributed by atoms with van der Waals surface area (Å²) in [6, 6.07) is -0.364. The largest absolute Gasteiger partial charge is 0.340 e. The highest BCUT2D eigenvalue weighted by Crippen LogP contribution is 2.42. The van der Waals surface area contributed by atoms with Gasteiger partial charge in [0.05, 0.1) is 12.1 Å². The van der Waals surface area contributed by atoms with Gasteiger partial charge in [-0.1, -0.05) is 6.92 Å². The van der Waals surface area contributed by atoms with E-state index < -0.39 is 5.54 Å². The minimum atomic E-state index is -0.715. The second-order valence-electron chi connectivity index (χ2n) is 5.79. The van der Waals surface area contributed by atoms with Gasteiger partial charge >= 0.3 is 0 Å². The molecule has 6 heteroatoms. The number of piperazine rings is 1. The Morgan fingerprint density at radius 3 is 2.80 bits per heavy atom. The lowest BCUT2D eigenvalue weighted by molar-refractivity contribution is -0.156. The topological polar surface area (TPSA) is 62.3 Å². The molecule has 0 bridgehead atoms. The number of carbonyl (C=O) groups is 2. The molecule has 1 saturated carbocycles. The first-order valence-electron chi connectivity index (χ1n) is 7.06. The minimum absolute atomic E-state index is 0.0222. The van der Waals surface area contributed by atoms with Crippen LogP contribution in [0.3, 0.4) is 0 Å². The van der Waals surface area contributed by atoms with E-state index in [1.165, 1.54) is 11.3 Å². The van der Waals surface area contributed by atoms with E-state index in [0.29, 0.717) is 18.9 Å². The fourth-order valence-electron chi connectivity index (χ4n) is 2.99.